The van der Waals surface area contributed by atoms with Crippen molar-refractivity contribution in [2.45, 2.75) is 11.3 Å². The van der Waals surface area contributed by atoms with Gasteiger partial charge in [0.05, 0.1) is 12.2 Å². The summed E-state index contributed by atoms with van der Waals surface area (Å²) in [5, 5.41) is 11.5. The van der Waals surface area contributed by atoms with E-state index >= 15 is 0 Å². The fourth-order valence-corrected chi connectivity index (χ4v) is 2.46. The van der Waals surface area contributed by atoms with E-state index < -0.39 is 5.97 Å². The van der Waals surface area contributed by atoms with E-state index in [1.165, 1.54) is 11.8 Å². The molecule has 0 spiro atoms. The van der Waals surface area contributed by atoms with Crippen LogP contribution in [0.3, 0.4) is 0 Å². The van der Waals surface area contributed by atoms with Crippen LogP contribution in [0, 0.1) is 0 Å². The number of nitrogens with one attached hydrogen (secondary N) is 1. The molecule has 0 saturated carbocycles. The molecule has 2 N–H and O–H groups in total. The molecule has 0 radical (unpaired) electrons. The third-order valence-electron chi connectivity index (χ3n) is 2.71. The van der Waals surface area contributed by atoms with E-state index in [0.717, 1.165) is 4.90 Å². The molecule has 5 heteroatoms. The molecule has 0 aliphatic carbocycles. The van der Waals surface area contributed by atoms with Gasteiger partial charge in [0.25, 0.3) is 0 Å². The fraction of sp³-hybridized carbons (Fsp3) is 0.125. The van der Waals surface area contributed by atoms with Crippen LogP contribution in [0.4, 0.5) is 5.69 Å². The van der Waals surface area contributed by atoms with Crippen LogP contribution in [0.2, 0.25) is 0 Å². The number of carbonyl (C=O) groups excluding carboxylic acids is 1. The SMILES string of the molecule is O=C(O)Cc1ccc(NC(=O)CSc2ccccc2)cc1. The normalized spacial score (nSPS) is 10.1. The number of carboxylic acids is 1. The van der Waals surface area contributed by atoms with Crippen LogP contribution in [0.5, 0.6) is 0 Å². The predicted molar refractivity (Wildman–Crippen MR) is 83.6 cm³/mol. The lowest BCUT2D eigenvalue weighted by Gasteiger charge is -2.06. The number of anilines is 1. The maximum Gasteiger partial charge on any atom is 0.307 e. The molecule has 4 nitrogen and oxygen atoms in total. The smallest absolute Gasteiger partial charge is 0.307 e. The first-order valence-corrected chi connectivity index (χ1v) is 7.40. The Morgan fingerprint density at radius 1 is 1.00 bits per heavy atom. The maximum atomic E-state index is 11.8. The summed E-state index contributed by atoms with van der Waals surface area (Å²) in [6, 6.07) is 16.5. The van der Waals surface area contributed by atoms with Gasteiger partial charge in [-0.25, -0.2) is 0 Å². The highest BCUT2D eigenvalue weighted by molar-refractivity contribution is 8.00. The van der Waals surface area contributed by atoms with Crippen molar-refractivity contribution in [3.05, 3.63) is 60.2 Å². The van der Waals surface area contributed by atoms with Crippen molar-refractivity contribution in [3.8, 4) is 0 Å². The zero-order valence-corrected chi connectivity index (χ0v) is 12.1. The van der Waals surface area contributed by atoms with Gasteiger partial charge in [0.2, 0.25) is 5.91 Å². The van der Waals surface area contributed by atoms with Gasteiger partial charge >= 0.3 is 5.97 Å². The predicted octanol–water partition coefficient (Wildman–Crippen LogP) is 3.04. The Balaban J connectivity index is 1.83. The van der Waals surface area contributed by atoms with Gasteiger partial charge in [0.15, 0.2) is 0 Å². The Morgan fingerprint density at radius 2 is 1.67 bits per heavy atom. The lowest BCUT2D eigenvalue weighted by Crippen LogP contribution is -2.14. The van der Waals surface area contributed by atoms with Gasteiger partial charge in [-0.05, 0) is 29.8 Å². The van der Waals surface area contributed by atoms with Crippen LogP contribution in [0.15, 0.2) is 59.5 Å². The monoisotopic (exact) mass is 301 g/mol. The van der Waals surface area contributed by atoms with Crippen LogP contribution in [0.25, 0.3) is 0 Å². The second kappa shape index (κ2) is 7.50. The van der Waals surface area contributed by atoms with E-state index in [1.54, 1.807) is 24.3 Å². The molecular formula is C16H15NO3S. The van der Waals surface area contributed by atoms with Crippen LogP contribution in [-0.2, 0) is 16.0 Å². The molecule has 0 aliphatic rings. The molecule has 21 heavy (non-hydrogen) atoms. The highest BCUT2D eigenvalue weighted by atomic mass is 32.2. The summed E-state index contributed by atoms with van der Waals surface area (Å²) in [4.78, 5) is 23.4. The average molecular weight is 301 g/mol. The van der Waals surface area contributed by atoms with Gasteiger partial charge in [-0.1, -0.05) is 30.3 Å². The number of thioether (sulfide) groups is 1. The van der Waals surface area contributed by atoms with E-state index in [4.69, 9.17) is 5.11 Å². The summed E-state index contributed by atoms with van der Waals surface area (Å²) < 4.78 is 0. The second-order valence-corrected chi connectivity index (χ2v) is 5.47. The van der Waals surface area contributed by atoms with E-state index in [-0.39, 0.29) is 12.3 Å². The molecule has 0 aromatic heterocycles. The van der Waals surface area contributed by atoms with Gasteiger partial charge in [0.1, 0.15) is 0 Å². The number of hydrogen-bond donors (Lipinski definition) is 2. The van der Waals surface area contributed by atoms with Crippen molar-refractivity contribution in [3.63, 3.8) is 0 Å². The molecule has 2 aromatic rings. The number of amides is 1. The molecule has 0 atom stereocenters. The Kier molecular flexibility index (Phi) is 5.40. The van der Waals surface area contributed by atoms with E-state index in [1.807, 2.05) is 30.3 Å². The Bertz CT molecular complexity index is 611. The lowest BCUT2D eigenvalue weighted by molar-refractivity contribution is -0.136. The minimum absolute atomic E-state index is 0.0158. The number of carboxylic acid groups (broad SMARTS) is 1. The maximum absolute atomic E-state index is 11.8. The van der Waals surface area contributed by atoms with Crippen molar-refractivity contribution in [1.82, 2.24) is 0 Å². The van der Waals surface area contributed by atoms with Gasteiger partial charge in [-0.15, -0.1) is 11.8 Å². The first kappa shape index (κ1) is 15.1. The first-order chi connectivity index (χ1) is 10.1. The van der Waals surface area contributed by atoms with Gasteiger partial charge in [-0.3, -0.25) is 9.59 Å². The number of rotatable bonds is 6. The van der Waals surface area contributed by atoms with Crippen LogP contribution >= 0.6 is 11.8 Å². The van der Waals surface area contributed by atoms with Crippen LogP contribution in [0.1, 0.15) is 5.56 Å². The minimum Gasteiger partial charge on any atom is -0.481 e. The number of hydrogen-bond acceptors (Lipinski definition) is 3. The molecule has 0 bridgehead atoms. The van der Waals surface area contributed by atoms with Crippen molar-refractivity contribution in [2.75, 3.05) is 11.1 Å². The number of carbonyl (C=O) groups is 2. The standard InChI is InChI=1S/C16H15NO3S/c18-15(11-21-14-4-2-1-3-5-14)17-13-8-6-12(7-9-13)10-16(19)20/h1-9H,10-11H2,(H,17,18)(H,19,20). The molecule has 0 heterocycles. The van der Waals surface area contributed by atoms with Crippen molar-refractivity contribution in [2.24, 2.45) is 0 Å². The van der Waals surface area contributed by atoms with E-state index in [2.05, 4.69) is 5.32 Å². The van der Waals surface area contributed by atoms with Crippen LogP contribution in [-0.4, -0.2) is 22.7 Å². The van der Waals surface area contributed by atoms with Crippen molar-refractivity contribution >= 4 is 29.3 Å². The quantitative estimate of drug-likeness (QED) is 0.805. The average Bonchev–Trinajstić information content (AvgIpc) is 2.48. The molecule has 0 fully saturated rings. The summed E-state index contributed by atoms with van der Waals surface area (Å²) in [5.74, 6) is -0.623. The molecule has 2 aromatic carbocycles. The summed E-state index contributed by atoms with van der Waals surface area (Å²) in [6.45, 7) is 0. The van der Waals surface area contributed by atoms with E-state index in [0.29, 0.717) is 17.0 Å². The molecular weight excluding hydrogens is 286 g/mol. The van der Waals surface area contributed by atoms with Gasteiger partial charge in [-0.2, -0.15) is 0 Å². The molecule has 0 unspecified atom stereocenters. The third kappa shape index (κ3) is 5.31. The van der Waals surface area contributed by atoms with Gasteiger partial charge in [0, 0.05) is 10.6 Å². The fourth-order valence-electron chi connectivity index (χ4n) is 1.74. The Hall–Kier alpha value is -2.27. The van der Waals surface area contributed by atoms with Crippen LogP contribution < -0.4 is 5.32 Å². The van der Waals surface area contributed by atoms with E-state index in [9.17, 15) is 9.59 Å². The summed E-state index contributed by atoms with van der Waals surface area (Å²) in [7, 11) is 0. The Morgan fingerprint density at radius 3 is 2.29 bits per heavy atom. The zero-order valence-electron chi connectivity index (χ0n) is 11.3. The number of benzene rings is 2. The Labute approximate surface area is 127 Å². The largest absolute Gasteiger partial charge is 0.481 e. The molecule has 1 amide bonds. The topological polar surface area (TPSA) is 66.4 Å². The second-order valence-electron chi connectivity index (χ2n) is 4.42. The third-order valence-corrected chi connectivity index (χ3v) is 3.72. The lowest BCUT2D eigenvalue weighted by atomic mass is 10.1. The zero-order chi connectivity index (χ0) is 15.1. The number of aliphatic carboxylic acids is 1. The first-order valence-electron chi connectivity index (χ1n) is 6.42. The summed E-state index contributed by atoms with van der Waals surface area (Å²) in [6.07, 6.45) is -0.0158. The van der Waals surface area contributed by atoms with Gasteiger partial charge < -0.3 is 10.4 Å². The van der Waals surface area contributed by atoms with Crippen molar-refractivity contribution in [1.29, 1.82) is 0 Å². The molecule has 0 aliphatic heterocycles. The molecule has 0 saturated heterocycles. The summed E-state index contributed by atoms with van der Waals surface area (Å²) in [5.41, 5.74) is 1.38. The molecule has 108 valence electrons. The summed E-state index contributed by atoms with van der Waals surface area (Å²) >= 11 is 1.47. The van der Waals surface area contributed by atoms with Crippen molar-refractivity contribution < 1.29 is 14.7 Å². The minimum atomic E-state index is -0.869. The molecule has 2 rings (SSSR count). The highest BCUT2D eigenvalue weighted by Gasteiger charge is 2.04. The highest BCUT2D eigenvalue weighted by Crippen LogP contribution is 2.17.